The lowest BCUT2D eigenvalue weighted by Gasteiger charge is -2.70. The molecule has 8 aliphatic rings. The van der Waals surface area contributed by atoms with E-state index in [1.165, 1.54) is 12.5 Å². The molecule has 6 fully saturated rings. The topological polar surface area (TPSA) is 272 Å². The van der Waals surface area contributed by atoms with Crippen molar-refractivity contribution in [3.8, 4) is 0 Å². The molecule has 64 heavy (non-hydrogen) atoms. The summed E-state index contributed by atoms with van der Waals surface area (Å²) in [7, 11) is 0. The van der Waals surface area contributed by atoms with Crippen molar-refractivity contribution in [1.29, 1.82) is 0 Å². The van der Waals surface area contributed by atoms with Gasteiger partial charge in [-0.2, -0.15) is 0 Å². The molecule has 22 atom stereocenters. The second-order valence-electron chi connectivity index (χ2n) is 22.6. The van der Waals surface area contributed by atoms with Crippen molar-refractivity contribution >= 4 is 11.9 Å². The molecule has 0 radical (unpaired) electrons. The number of carbonyl (C=O) groups is 2. The zero-order chi connectivity index (χ0) is 46.9. The first-order valence-corrected chi connectivity index (χ1v) is 23.3. The number of carbonyl (C=O) groups excluding carboxylic acids is 1. The maximum absolute atomic E-state index is 15.0. The van der Waals surface area contributed by atoms with Crippen LogP contribution in [-0.4, -0.2) is 157 Å². The fourth-order valence-electron chi connectivity index (χ4n) is 14.1. The Kier molecular flexibility index (Phi) is 12.5. The Morgan fingerprint density at radius 3 is 2.03 bits per heavy atom. The van der Waals surface area contributed by atoms with Gasteiger partial charge in [0.1, 0.15) is 48.8 Å². The monoisotopic (exact) mass is 908 g/mol. The van der Waals surface area contributed by atoms with E-state index in [4.69, 9.17) is 28.4 Å². The normalized spacial score (nSPS) is 53.1. The van der Waals surface area contributed by atoms with Gasteiger partial charge in [0.25, 0.3) is 0 Å². The first-order chi connectivity index (χ1) is 29.7. The highest BCUT2D eigenvalue weighted by Crippen LogP contribution is 2.74. The van der Waals surface area contributed by atoms with E-state index in [-0.39, 0.29) is 40.6 Å². The first-order valence-electron chi connectivity index (χ1n) is 23.3. The molecule has 5 aliphatic carbocycles. The molecule has 0 spiro atoms. The zero-order valence-electron chi connectivity index (χ0n) is 38.3. The number of hydrogen-bond acceptors (Lipinski definition) is 16. The molecular weight excluding hydrogens is 836 g/mol. The Labute approximate surface area is 374 Å². The molecule has 0 amide bonds. The number of rotatable bonds is 7. The van der Waals surface area contributed by atoms with Crippen LogP contribution in [0, 0.1) is 50.2 Å². The van der Waals surface area contributed by atoms with Crippen molar-refractivity contribution in [2.75, 3.05) is 6.61 Å². The molecule has 0 aromatic carbocycles. The summed E-state index contributed by atoms with van der Waals surface area (Å²) in [5, 5.41) is 94.5. The third-order valence-electron chi connectivity index (χ3n) is 18.3. The van der Waals surface area contributed by atoms with Crippen molar-refractivity contribution in [3.05, 3.63) is 23.8 Å². The lowest BCUT2D eigenvalue weighted by molar-refractivity contribution is -0.350. The van der Waals surface area contributed by atoms with E-state index in [0.717, 1.165) is 32.1 Å². The van der Waals surface area contributed by atoms with Crippen LogP contribution in [0.3, 0.4) is 0 Å². The standard InChI is InChI=1S/C47H72O17/c1-21-28(49)30(51)33(54)38(60-21)63-36-29(50)24(48)20-59-40(36)64-41(58)47-17-15-42(2,3)19-23(47)22-9-10-26-44(6)13-12-27(61-39-34(55)31(52)32(53)35(62-39)37(56)57)43(4,5)25(44)11-14-46(26,8)45(22,7)16-18-47/h9,16,18,21,23-36,38-40,48-55H,10-15,17,19-20H2,1-8H3,(H,56,57). The number of ether oxygens (including phenoxy) is 6. The van der Waals surface area contributed by atoms with Crippen molar-refractivity contribution in [2.45, 2.75) is 199 Å². The molecule has 9 N–H and O–H groups in total. The summed E-state index contributed by atoms with van der Waals surface area (Å²) in [6.07, 6.45) is -9.64. The van der Waals surface area contributed by atoms with Crippen LogP contribution < -0.4 is 0 Å². The predicted molar refractivity (Wildman–Crippen MR) is 223 cm³/mol. The third kappa shape index (κ3) is 7.37. The van der Waals surface area contributed by atoms with Crippen molar-refractivity contribution in [3.63, 3.8) is 0 Å². The minimum absolute atomic E-state index is 0.108. The van der Waals surface area contributed by atoms with E-state index in [0.29, 0.717) is 19.3 Å². The van der Waals surface area contributed by atoms with Gasteiger partial charge in [0.05, 0.1) is 24.2 Å². The quantitative estimate of drug-likeness (QED) is 0.0999. The maximum Gasteiger partial charge on any atom is 0.335 e. The van der Waals surface area contributed by atoms with E-state index in [1.54, 1.807) is 0 Å². The summed E-state index contributed by atoms with van der Waals surface area (Å²) < 4.78 is 35.6. The van der Waals surface area contributed by atoms with E-state index < -0.39 is 120 Å². The molecule has 0 aromatic heterocycles. The van der Waals surface area contributed by atoms with Gasteiger partial charge in [-0.15, -0.1) is 0 Å². The average Bonchev–Trinajstić information content (AvgIpc) is 3.22. The van der Waals surface area contributed by atoms with Gasteiger partial charge in [0, 0.05) is 11.3 Å². The molecule has 0 aromatic rings. The van der Waals surface area contributed by atoms with Gasteiger partial charge in [-0.05, 0) is 91.8 Å². The molecule has 3 saturated heterocycles. The van der Waals surface area contributed by atoms with Crippen molar-refractivity contribution < 1.29 is 84.0 Å². The molecule has 0 bridgehead atoms. The van der Waals surface area contributed by atoms with E-state index in [2.05, 4.69) is 60.6 Å². The average molecular weight is 909 g/mol. The minimum Gasteiger partial charge on any atom is -0.479 e. The summed E-state index contributed by atoms with van der Waals surface area (Å²) in [4.78, 5) is 26.8. The second kappa shape index (κ2) is 16.6. The summed E-state index contributed by atoms with van der Waals surface area (Å²) in [6, 6.07) is 0. The van der Waals surface area contributed by atoms with Gasteiger partial charge in [0.15, 0.2) is 24.8 Å². The van der Waals surface area contributed by atoms with Crippen LogP contribution in [0.5, 0.6) is 0 Å². The fourth-order valence-corrected chi connectivity index (χ4v) is 14.1. The Hall–Kier alpha value is -2.10. The SMILES string of the molecule is CC1OC(OC2C(OC(=O)C34C=CC5(C)C(=CCC6C7(C)CCC(OC8OC(C(=O)O)C(O)C(O)C8O)C(C)(C)C7CCC65C)C3CC(C)(C)CC4)OCC(O)C2O)C(O)C(O)C1O. The lowest BCUT2D eigenvalue weighted by atomic mass is 9.34. The van der Waals surface area contributed by atoms with Crippen LogP contribution in [0.25, 0.3) is 0 Å². The zero-order valence-corrected chi connectivity index (χ0v) is 38.3. The number of aliphatic carboxylic acids is 1. The summed E-state index contributed by atoms with van der Waals surface area (Å²) in [5.41, 5.74) is -1.31. The highest BCUT2D eigenvalue weighted by atomic mass is 16.8. The van der Waals surface area contributed by atoms with Crippen LogP contribution in [0.1, 0.15) is 107 Å². The summed E-state index contributed by atoms with van der Waals surface area (Å²) >= 11 is 0. The Morgan fingerprint density at radius 1 is 0.703 bits per heavy atom. The molecule has 17 nitrogen and oxygen atoms in total. The van der Waals surface area contributed by atoms with Crippen LogP contribution in [0.2, 0.25) is 0 Å². The maximum atomic E-state index is 15.0. The van der Waals surface area contributed by atoms with Gasteiger partial charge >= 0.3 is 11.9 Å². The number of esters is 1. The van der Waals surface area contributed by atoms with E-state index in [1.807, 2.05) is 6.08 Å². The Morgan fingerprint density at radius 2 is 1.36 bits per heavy atom. The third-order valence-corrected chi connectivity index (χ3v) is 18.3. The second-order valence-corrected chi connectivity index (χ2v) is 22.6. The first kappa shape index (κ1) is 48.4. The highest BCUT2D eigenvalue weighted by Gasteiger charge is 2.69. The van der Waals surface area contributed by atoms with Crippen molar-refractivity contribution in [2.24, 2.45) is 50.2 Å². The molecule has 17 heteroatoms. The van der Waals surface area contributed by atoms with Crippen LogP contribution in [-0.2, 0) is 38.0 Å². The smallest absolute Gasteiger partial charge is 0.335 e. The van der Waals surface area contributed by atoms with Gasteiger partial charge < -0.3 is 74.4 Å². The van der Waals surface area contributed by atoms with Gasteiger partial charge in [-0.3, -0.25) is 4.79 Å². The Bertz CT molecular complexity index is 1850. The van der Waals surface area contributed by atoms with Gasteiger partial charge in [-0.1, -0.05) is 72.3 Å². The summed E-state index contributed by atoms with van der Waals surface area (Å²) in [5.74, 6) is -1.88. The molecule has 3 heterocycles. The minimum atomic E-state index is -1.81. The number of allylic oxidation sites excluding steroid dienone is 3. The number of aliphatic hydroxyl groups is 8. The van der Waals surface area contributed by atoms with Crippen LogP contribution in [0.15, 0.2) is 23.8 Å². The predicted octanol–water partition coefficient (Wildman–Crippen LogP) is 1.68. The largest absolute Gasteiger partial charge is 0.479 e. The number of carboxylic acid groups (broad SMARTS) is 1. The van der Waals surface area contributed by atoms with E-state index >= 15 is 0 Å². The van der Waals surface area contributed by atoms with Crippen LogP contribution >= 0.6 is 0 Å². The lowest BCUT2D eigenvalue weighted by Crippen LogP contribution is -2.65. The number of carboxylic acids is 1. The number of aliphatic hydroxyl groups excluding tert-OH is 8. The fraction of sp³-hybridized carbons (Fsp3) is 0.872. The molecular formula is C47H72O17. The van der Waals surface area contributed by atoms with E-state index in [9.17, 15) is 55.5 Å². The molecule has 3 saturated carbocycles. The number of hydrogen-bond donors (Lipinski definition) is 9. The Balaban J connectivity index is 1.05. The molecule has 8 rings (SSSR count). The highest BCUT2D eigenvalue weighted by molar-refractivity contribution is 5.81. The molecule has 22 unspecified atom stereocenters. The molecule has 3 aliphatic heterocycles. The van der Waals surface area contributed by atoms with Gasteiger partial charge in [0.2, 0.25) is 6.29 Å². The van der Waals surface area contributed by atoms with Gasteiger partial charge in [-0.25, -0.2) is 4.79 Å². The number of fused-ring (bicyclic) bond motifs is 7. The summed E-state index contributed by atoms with van der Waals surface area (Å²) in [6.45, 7) is 16.9. The van der Waals surface area contributed by atoms with Crippen molar-refractivity contribution in [1.82, 2.24) is 0 Å². The molecule has 362 valence electrons. The van der Waals surface area contributed by atoms with Crippen LogP contribution in [0.4, 0.5) is 0 Å².